The highest BCUT2D eigenvalue weighted by Gasteiger charge is 2.00. The van der Waals surface area contributed by atoms with Gasteiger partial charge in [0.2, 0.25) is 0 Å². The van der Waals surface area contributed by atoms with E-state index in [-0.39, 0.29) is 0 Å². The Morgan fingerprint density at radius 3 is 3.10 bits per heavy atom. The number of rotatable bonds is 0. The van der Waals surface area contributed by atoms with Crippen molar-refractivity contribution in [3.05, 3.63) is 23.8 Å². The van der Waals surface area contributed by atoms with Crippen LogP contribution in [0.25, 0.3) is 11.1 Å². The third-order valence-electron chi connectivity index (χ3n) is 1.47. The Balaban J connectivity index is 2.95. The quantitative estimate of drug-likeness (QED) is 0.548. The van der Waals surface area contributed by atoms with Gasteiger partial charge < -0.3 is 4.52 Å². The summed E-state index contributed by atoms with van der Waals surface area (Å²) in [7, 11) is 0. The first-order valence-corrected chi connectivity index (χ1v) is 3.05. The van der Waals surface area contributed by atoms with Crippen LogP contribution >= 0.6 is 0 Å². The van der Waals surface area contributed by atoms with Crippen LogP contribution < -0.4 is 0 Å². The summed E-state index contributed by atoms with van der Waals surface area (Å²) in [5.41, 5.74) is 2.67. The molecule has 1 aromatic heterocycles. The average molecular weight is 134 g/mol. The first kappa shape index (κ1) is 5.41. The minimum atomic E-state index is 0.780. The molecule has 0 amide bonds. The summed E-state index contributed by atoms with van der Waals surface area (Å²) in [5.74, 6) is 0. The maximum Gasteiger partial charge on any atom is 0.190 e. The van der Waals surface area contributed by atoms with Gasteiger partial charge in [-0.05, 0) is 18.6 Å². The van der Waals surface area contributed by atoms with Crippen LogP contribution in [0.5, 0.6) is 0 Å². The van der Waals surface area contributed by atoms with Crippen LogP contribution in [-0.4, -0.2) is 10.4 Å². The average Bonchev–Trinajstić information content (AvgIpc) is 2.36. The predicted octanol–water partition coefficient (Wildman–Crippen LogP) is 1.53. The van der Waals surface area contributed by atoms with Gasteiger partial charge in [0.1, 0.15) is 5.52 Å². The largest absolute Gasteiger partial charge is 0.337 e. The van der Waals surface area contributed by atoms with E-state index in [1.807, 2.05) is 25.1 Å². The molecule has 0 unspecified atom stereocenters. The molecule has 0 aliphatic carbocycles. The fraction of sp³-hybridized carbons (Fsp3) is 0.143. The van der Waals surface area contributed by atoms with E-state index in [0.29, 0.717) is 0 Å². The lowest BCUT2D eigenvalue weighted by atomic mass is 10.2. The molecular formula is C7H6N2O. The summed E-state index contributed by atoms with van der Waals surface area (Å²) in [6.07, 6.45) is 0. The molecule has 50 valence electrons. The normalized spacial score (nSPS) is 10.5. The highest BCUT2D eigenvalue weighted by Crippen LogP contribution is 2.13. The first-order chi connectivity index (χ1) is 4.88. The van der Waals surface area contributed by atoms with E-state index in [4.69, 9.17) is 4.52 Å². The van der Waals surface area contributed by atoms with Crippen LogP contribution in [0.1, 0.15) is 5.56 Å². The fourth-order valence-corrected chi connectivity index (χ4v) is 0.940. The summed E-state index contributed by atoms with van der Waals surface area (Å²) in [4.78, 5) is 0. The number of aromatic nitrogens is 2. The summed E-state index contributed by atoms with van der Waals surface area (Å²) in [5, 5.41) is 7.20. The van der Waals surface area contributed by atoms with Crippen molar-refractivity contribution >= 4 is 11.1 Å². The van der Waals surface area contributed by atoms with E-state index >= 15 is 0 Å². The molecule has 0 atom stereocenters. The number of hydrogen-bond donors (Lipinski definition) is 0. The molecule has 10 heavy (non-hydrogen) atoms. The molecule has 0 fully saturated rings. The van der Waals surface area contributed by atoms with Crippen LogP contribution in [0, 0.1) is 6.92 Å². The summed E-state index contributed by atoms with van der Waals surface area (Å²) < 4.78 is 4.89. The molecule has 0 radical (unpaired) electrons. The number of para-hydroxylation sites is 1. The molecule has 0 spiro atoms. The second kappa shape index (κ2) is 1.80. The summed E-state index contributed by atoms with van der Waals surface area (Å²) in [6, 6.07) is 5.77. The van der Waals surface area contributed by atoms with Gasteiger partial charge in [0.05, 0.1) is 0 Å². The molecule has 0 bridgehead atoms. The zero-order valence-electron chi connectivity index (χ0n) is 5.53. The fourth-order valence-electron chi connectivity index (χ4n) is 0.940. The first-order valence-electron chi connectivity index (χ1n) is 3.05. The van der Waals surface area contributed by atoms with Crippen molar-refractivity contribution in [1.82, 2.24) is 10.4 Å². The van der Waals surface area contributed by atoms with E-state index in [1.54, 1.807) is 0 Å². The number of nitrogens with zero attached hydrogens (tertiary/aromatic N) is 2. The van der Waals surface area contributed by atoms with Crippen molar-refractivity contribution in [3.8, 4) is 0 Å². The smallest absolute Gasteiger partial charge is 0.190 e. The lowest BCUT2D eigenvalue weighted by molar-refractivity contribution is 0.423. The molecule has 0 N–H and O–H groups in total. The van der Waals surface area contributed by atoms with E-state index in [2.05, 4.69) is 10.4 Å². The molecule has 0 saturated heterocycles. The highest BCUT2D eigenvalue weighted by molar-refractivity contribution is 5.74. The van der Waals surface area contributed by atoms with Crippen molar-refractivity contribution in [1.29, 1.82) is 0 Å². The Bertz CT molecular complexity index is 353. The monoisotopic (exact) mass is 134 g/mol. The van der Waals surface area contributed by atoms with Gasteiger partial charge in [0, 0.05) is 5.27 Å². The van der Waals surface area contributed by atoms with Crippen molar-refractivity contribution in [2.75, 3.05) is 0 Å². The third kappa shape index (κ3) is 0.603. The van der Waals surface area contributed by atoms with Crippen molar-refractivity contribution in [3.63, 3.8) is 0 Å². The highest BCUT2D eigenvalue weighted by atomic mass is 16.5. The topological polar surface area (TPSA) is 38.9 Å². The maximum absolute atomic E-state index is 4.89. The van der Waals surface area contributed by atoms with Gasteiger partial charge in [-0.1, -0.05) is 12.1 Å². The minimum Gasteiger partial charge on any atom is -0.337 e. The van der Waals surface area contributed by atoms with Gasteiger partial charge in [0.25, 0.3) is 0 Å². The molecule has 1 heterocycles. The zero-order valence-corrected chi connectivity index (χ0v) is 5.53. The zero-order chi connectivity index (χ0) is 6.97. The number of hydrogen-bond acceptors (Lipinski definition) is 3. The molecule has 3 heteroatoms. The Morgan fingerprint density at radius 1 is 1.40 bits per heavy atom. The Morgan fingerprint density at radius 2 is 2.30 bits per heavy atom. The number of benzene rings is 1. The van der Waals surface area contributed by atoms with E-state index in [0.717, 1.165) is 16.7 Å². The van der Waals surface area contributed by atoms with Gasteiger partial charge in [-0.2, -0.15) is 0 Å². The molecule has 2 rings (SSSR count). The van der Waals surface area contributed by atoms with Gasteiger partial charge in [-0.25, -0.2) is 0 Å². The molecule has 2 aromatic rings. The lowest BCUT2D eigenvalue weighted by Crippen LogP contribution is -1.71. The van der Waals surface area contributed by atoms with Gasteiger partial charge >= 0.3 is 0 Å². The molecule has 0 aliphatic heterocycles. The third-order valence-corrected chi connectivity index (χ3v) is 1.47. The van der Waals surface area contributed by atoms with Crippen LogP contribution in [0.4, 0.5) is 0 Å². The van der Waals surface area contributed by atoms with E-state index in [1.165, 1.54) is 0 Å². The van der Waals surface area contributed by atoms with E-state index < -0.39 is 0 Å². The predicted molar refractivity (Wildman–Crippen MR) is 36.5 cm³/mol. The van der Waals surface area contributed by atoms with Gasteiger partial charge in [-0.3, -0.25) is 0 Å². The molecule has 3 nitrogen and oxygen atoms in total. The second-order valence-corrected chi connectivity index (χ2v) is 2.20. The van der Waals surface area contributed by atoms with Crippen LogP contribution in [0.15, 0.2) is 22.7 Å². The summed E-state index contributed by atoms with van der Waals surface area (Å²) >= 11 is 0. The lowest BCUT2D eigenvalue weighted by Gasteiger charge is -1.86. The molecule has 0 aliphatic rings. The second-order valence-electron chi connectivity index (χ2n) is 2.20. The van der Waals surface area contributed by atoms with Crippen LogP contribution in [-0.2, 0) is 0 Å². The Kier molecular flexibility index (Phi) is 0.974. The van der Waals surface area contributed by atoms with Crippen LogP contribution in [0.3, 0.4) is 0 Å². The SMILES string of the molecule is Cc1cccc2nnoc12. The standard InChI is InChI=1S/C7H6N2O/c1-5-3-2-4-6-7(5)10-9-8-6/h2-4H,1H3. The number of aryl methyl sites for hydroxylation is 1. The van der Waals surface area contributed by atoms with Gasteiger partial charge in [-0.15, -0.1) is 5.10 Å². The van der Waals surface area contributed by atoms with Crippen LogP contribution in [0.2, 0.25) is 0 Å². The minimum absolute atomic E-state index is 0.780. The van der Waals surface area contributed by atoms with Crippen molar-refractivity contribution in [2.45, 2.75) is 6.92 Å². The summed E-state index contributed by atoms with van der Waals surface area (Å²) in [6.45, 7) is 1.97. The maximum atomic E-state index is 4.89. The molecule has 1 aromatic carbocycles. The van der Waals surface area contributed by atoms with Crippen molar-refractivity contribution < 1.29 is 4.52 Å². The number of fused-ring (bicyclic) bond motifs is 1. The van der Waals surface area contributed by atoms with Gasteiger partial charge in [0.15, 0.2) is 5.58 Å². The Hall–Kier alpha value is -1.38. The molecule has 0 saturated carbocycles. The van der Waals surface area contributed by atoms with Crippen molar-refractivity contribution in [2.24, 2.45) is 0 Å². The van der Waals surface area contributed by atoms with E-state index in [9.17, 15) is 0 Å². The molecular weight excluding hydrogens is 128 g/mol. The Labute approximate surface area is 57.6 Å².